The van der Waals surface area contributed by atoms with Gasteiger partial charge in [-0.25, -0.2) is 9.59 Å². The van der Waals surface area contributed by atoms with Crippen LogP contribution in [0.2, 0.25) is 0 Å². The van der Waals surface area contributed by atoms with Gasteiger partial charge in [0.15, 0.2) is 0 Å². The van der Waals surface area contributed by atoms with E-state index in [-0.39, 0.29) is 11.6 Å². The van der Waals surface area contributed by atoms with Gasteiger partial charge in [-0.05, 0) is 37.3 Å². The molecule has 108 valence electrons. The van der Waals surface area contributed by atoms with Gasteiger partial charge in [-0.2, -0.15) is 0 Å². The van der Waals surface area contributed by atoms with Crippen molar-refractivity contribution in [1.29, 1.82) is 0 Å². The normalized spacial score (nSPS) is 11.5. The van der Waals surface area contributed by atoms with Crippen LogP contribution >= 0.6 is 0 Å². The predicted molar refractivity (Wildman–Crippen MR) is 78.2 cm³/mol. The first-order valence-corrected chi connectivity index (χ1v) is 6.38. The highest BCUT2D eigenvalue weighted by Gasteiger charge is 2.11. The number of pyridine rings is 1. The third-order valence-electron chi connectivity index (χ3n) is 2.85. The van der Waals surface area contributed by atoms with Crippen LogP contribution in [0.15, 0.2) is 48.7 Å². The van der Waals surface area contributed by atoms with Crippen LogP contribution in [0.4, 0.5) is 10.5 Å². The molecule has 0 fully saturated rings. The fraction of sp³-hybridized carbons (Fsp3) is 0.133. The van der Waals surface area contributed by atoms with Gasteiger partial charge in [-0.3, -0.25) is 4.98 Å². The van der Waals surface area contributed by atoms with E-state index in [2.05, 4.69) is 15.6 Å². The molecule has 0 spiro atoms. The number of anilines is 1. The number of aromatic carboxylic acids is 1. The quantitative estimate of drug-likeness (QED) is 0.805. The minimum absolute atomic E-state index is 0.116. The van der Waals surface area contributed by atoms with Crippen molar-refractivity contribution in [1.82, 2.24) is 10.3 Å². The predicted octanol–water partition coefficient (Wildman–Crippen LogP) is 2.66. The van der Waals surface area contributed by atoms with E-state index >= 15 is 0 Å². The van der Waals surface area contributed by atoms with Crippen LogP contribution in [0.5, 0.6) is 0 Å². The summed E-state index contributed by atoms with van der Waals surface area (Å²) >= 11 is 0. The average molecular weight is 285 g/mol. The molecule has 1 heterocycles. The standard InChI is InChI=1S/C15H15N3O3/c1-10(13-7-2-3-8-16-13)17-15(21)18-12-6-4-5-11(9-12)14(19)20/h2-10H,1H3,(H,19,20)(H2,17,18,21). The van der Waals surface area contributed by atoms with Crippen LogP contribution < -0.4 is 10.6 Å². The number of urea groups is 1. The van der Waals surface area contributed by atoms with E-state index in [1.165, 1.54) is 12.1 Å². The summed E-state index contributed by atoms with van der Waals surface area (Å²) in [6, 6.07) is 10.8. The molecule has 6 heteroatoms. The summed E-state index contributed by atoms with van der Waals surface area (Å²) in [7, 11) is 0. The lowest BCUT2D eigenvalue weighted by Crippen LogP contribution is -2.31. The fourth-order valence-corrected chi connectivity index (χ4v) is 1.80. The van der Waals surface area contributed by atoms with Crippen molar-refractivity contribution in [3.8, 4) is 0 Å². The molecule has 6 nitrogen and oxygen atoms in total. The van der Waals surface area contributed by atoms with E-state index < -0.39 is 12.0 Å². The lowest BCUT2D eigenvalue weighted by atomic mass is 10.2. The summed E-state index contributed by atoms with van der Waals surface area (Å²) in [6.07, 6.45) is 1.65. The van der Waals surface area contributed by atoms with E-state index in [1.54, 1.807) is 24.4 Å². The van der Waals surface area contributed by atoms with Gasteiger partial charge in [-0.1, -0.05) is 12.1 Å². The molecular formula is C15H15N3O3. The van der Waals surface area contributed by atoms with Gasteiger partial charge in [-0.15, -0.1) is 0 Å². The first kappa shape index (κ1) is 14.5. The second-order valence-corrected chi connectivity index (χ2v) is 4.46. The number of carbonyl (C=O) groups is 2. The zero-order chi connectivity index (χ0) is 15.2. The smallest absolute Gasteiger partial charge is 0.335 e. The second-order valence-electron chi connectivity index (χ2n) is 4.46. The second kappa shape index (κ2) is 6.51. The number of nitrogens with one attached hydrogen (secondary N) is 2. The molecule has 0 bridgehead atoms. The summed E-state index contributed by atoms with van der Waals surface area (Å²) in [5, 5.41) is 14.2. The highest BCUT2D eigenvalue weighted by atomic mass is 16.4. The summed E-state index contributed by atoms with van der Waals surface area (Å²) in [5.41, 5.74) is 1.28. The molecule has 21 heavy (non-hydrogen) atoms. The highest BCUT2D eigenvalue weighted by molar-refractivity contribution is 5.93. The number of hydrogen-bond acceptors (Lipinski definition) is 3. The molecule has 1 atom stereocenters. The zero-order valence-electron chi connectivity index (χ0n) is 11.4. The van der Waals surface area contributed by atoms with Crippen molar-refractivity contribution in [3.63, 3.8) is 0 Å². The van der Waals surface area contributed by atoms with Crippen LogP contribution in [0, 0.1) is 0 Å². The van der Waals surface area contributed by atoms with Gasteiger partial charge in [0.1, 0.15) is 0 Å². The Kier molecular flexibility index (Phi) is 4.50. The van der Waals surface area contributed by atoms with Crippen molar-refractivity contribution in [3.05, 3.63) is 59.9 Å². The minimum atomic E-state index is -1.04. The number of carbonyl (C=O) groups excluding carboxylic acids is 1. The Morgan fingerprint density at radius 1 is 1.19 bits per heavy atom. The molecule has 0 aliphatic heterocycles. The van der Waals surface area contributed by atoms with Gasteiger partial charge in [0.2, 0.25) is 0 Å². The van der Waals surface area contributed by atoms with Crippen molar-refractivity contribution < 1.29 is 14.7 Å². The van der Waals surface area contributed by atoms with E-state index in [4.69, 9.17) is 5.11 Å². The number of hydrogen-bond donors (Lipinski definition) is 3. The van der Waals surface area contributed by atoms with E-state index in [9.17, 15) is 9.59 Å². The molecule has 1 unspecified atom stereocenters. The van der Waals surface area contributed by atoms with Gasteiger partial charge in [0, 0.05) is 11.9 Å². The Morgan fingerprint density at radius 2 is 2.00 bits per heavy atom. The van der Waals surface area contributed by atoms with Crippen LogP contribution in [-0.2, 0) is 0 Å². The maximum absolute atomic E-state index is 11.9. The topological polar surface area (TPSA) is 91.3 Å². The van der Waals surface area contributed by atoms with Crippen LogP contribution in [0.1, 0.15) is 29.0 Å². The lowest BCUT2D eigenvalue weighted by molar-refractivity contribution is 0.0697. The minimum Gasteiger partial charge on any atom is -0.478 e. The first-order valence-electron chi connectivity index (χ1n) is 6.38. The molecule has 2 rings (SSSR count). The molecule has 0 aliphatic rings. The van der Waals surface area contributed by atoms with Crippen molar-refractivity contribution in [2.24, 2.45) is 0 Å². The molecule has 0 saturated carbocycles. The number of aromatic nitrogens is 1. The van der Waals surface area contributed by atoms with Gasteiger partial charge >= 0.3 is 12.0 Å². The molecule has 0 radical (unpaired) electrons. The number of amides is 2. The van der Waals surface area contributed by atoms with E-state index in [0.29, 0.717) is 5.69 Å². The van der Waals surface area contributed by atoms with E-state index in [1.807, 2.05) is 19.1 Å². The SMILES string of the molecule is CC(NC(=O)Nc1cccc(C(=O)O)c1)c1ccccn1. The van der Waals surface area contributed by atoms with Crippen LogP contribution in [0.3, 0.4) is 0 Å². The van der Waals surface area contributed by atoms with Gasteiger partial charge < -0.3 is 15.7 Å². The largest absolute Gasteiger partial charge is 0.478 e. The number of nitrogens with zero attached hydrogens (tertiary/aromatic N) is 1. The Labute approximate surface area is 121 Å². The molecule has 3 N–H and O–H groups in total. The third kappa shape index (κ3) is 4.04. The molecule has 0 aliphatic carbocycles. The summed E-state index contributed by atoms with van der Waals surface area (Å²) in [4.78, 5) is 26.9. The van der Waals surface area contributed by atoms with Crippen LogP contribution in [-0.4, -0.2) is 22.1 Å². The average Bonchev–Trinajstić information content (AvgIpc) is 2.48. The van der Waals surface area contributed by atoms with E-state index in [0.717, 1.165) is 5.69 Å². The van der Waals surface area contributed by atoms with Crippen LogP contribution in [0.25, 0.3) is 0 Å². The Hall–Kier alpha value is -2.89. The Balaban J connectivity index is 1.99. The molecule has 1 aromatic carbocycles. The van der Waals surface area contributed by atoms with Gasteiger partial charge in [0.05, 0.1) is 17.3 Å². The van der Waals surface area contributed by atoms with Gasteiger partial charge in [0.25, 0.3) is 0 Å². The van der Waals surface area contributed by atoms with Crippen molar-refractivity contribution >= 4 is 17.7 Å². The monoisotopic (exact) mass is 285 g/mol. The zero-order valence-corrected chi connectivity index (χ0v) is 11.4. The molecule has 2 amide bonds. The number of rotatable bonds is 4. The molecule has 1 aromatic heterocycles. The van der Waals surface area contributed by atoms with Crippen molar-refractivity contribution in [2.45, 2.75) is 13.0 Å². The lowest BCUT2D eigenvalue weighted by Gasteiger charge is -2.14. The summed E-state index contributed by atoms with van der Waals surface area (Å²) in [5.74, 6) is -1.04. The number of benzene rings is 1. The molecular weight excluding hydrogens is 270 g/mol. The highest BCUT2D eigenvalue weighted by Crippen LogP contribution is 2.12. The summed E-state index contributed by atoms with van der Waals surface area (Å²) < 4.78 is 0. The fourth-order valence-electron chi connectivity index (χ4n) is 1.80. The molecule has 0 saturated heterocycles. The Bertz CT molecular complexity index is 644. The maximum atomic E-state index is 11.9. The third-order valence-corrected chi connectivity index (χ3v) is 2.85. The summed E-state index contributed by atoms with van der Waals surface area (Å²) in [6.45, 7) is 1.82. The van der Waals surface area contributed by atoms with Crippen molar-refractivity contribution in [2.75, 3.05) is 5.32 Å². The number of carboxylic acid groups (broad SMARTS) is 1. The maximum Gasteiger partial charge on any atom is 0.335 e. The first-order chi connectivity index (χ1) is 10.1. The Morgan fingerprint density at radius 3 is 2.67 bits per heavy atom. The number of carboxylic acids is 1. The molecule has 2 aromatic rings.